The fourth-order valence-corrected chi connectivity index (χ4v) is 7.57. The highest BCUT2D eigenvalue weighted by molar-refractivity contribution is 6.34. The zero-order valence-electron chi connectivity index (χ0n) is 27.0. The molecule has 3 aliphatic rings. The van der Waals surface area contributed by atoms with E-state index in [4.69, 9.17) is 21.1 Å². The van der Waals surface area contributed by atoms with Gasteiger partial charge in [0.2, 0.25) is 5.91 Å². The minimum absolute atomic E-state index is 0.0460. The number of carbonyl (C=O) groups excluding carboxylic acids is 2. The number of carbonyl (C=O) groups is 3. The van der Waals surface area contributed by atoms with Crippen molar-refractivity contribution in [3.8, 4) is 0 Å². The largest absolute Gasteiger partial charge is 0.481 e. The van der Waals surface area contributed by atoms with Gasteiger partial charge in [-0.05, 0) is 62.8 Å². The molecule has 2 aliphatic heterocycles. The van der Waals surface area contributed by atoms with Crippen LogP contribution in [0.5, 0.6) is 0 Å². The summed E-state index contributed by atoms with van der Waals surface area (Å²) in [6, 6.07) is 10.0. The van der Waals surface area contributed by atoms with Gasteiger partial charge >= 0.3 is 5.97 Å². The zero-order chi connectivity index (χ0) is 33.5. The molecular weight excluding hydrogens is 627 g/mol. The van der Waals surface area contributed by atoms with Gasteiger partial charge in [0, 0.05) is 56.9 Å². The molecule has 3 fully saturated rings. The highest BCUT2D eigenvalue weighted by Gasteiger charge is 2.47. The summed E-state index contributed by atoms with van der Waals surface area (Å²) < 4.78 is 29.2. The van der Waals surface area contributed by atoms with Crippen LogP contribution in [0.1, 0.15) is 54.9 Å². The molecule has 0 bridgehead atoms. The van der Waals surface area contributed by atoms with E-state index in [1.165, 1.54) is 12.1 Å². The van der Waals surface area contributed by atoms with E-state index < -0.39 is 17.7 Å². The molecule has 3 heterocycles. The molecule has 2 aromatic carbocycles. The summed E-state index contributed by atoms with van der Waals surface area (Å²) in [6.45, 7) is 4.42. The number of hydrogen-bond acceptors (Lipinski definition) is 6. The van der Waals surface area contributed by atoms with Crippen LogP contribution >= 0.6 is 11.6 Å². The number of para-hydroxylation sites is 1. The van der Waals surface area contributed by atoms with Crippen LogP contribution in [0.4, 0.5) is 10.1 Å². The molecule has 10 nitrogen and oxygen atoms in total. The highest BCUT2D eigenvalue weighted by Crippen LogP contribution is 2.34. The molecule has 6 rings (SSSR count). The van der Waals surface area contributed by atoms with Crippen molar-refractivity contribution in [3.05, 3.63) is 64.6 Å². The Hall–Kier alpha value is -3.51. The van der Waals surface area contributed by atoms with Gasteiger partial charge in [0.25, 0.3) is 5.91 Å². The van der Waals surface area contributed by atoms with Crippen molar-refractivity contribution in [2.75, 3.05) is 38.7 Å². The summed E-state index contributed by atoms with van der Waals surface area (Å²) in [6.07, 6.45) is 4.71. The normalized spacial score (nSPS) is 24.3. The van der Waals surface area contributed by atoms with E-state index in [9.17, 15) is 19.5 Å². The Labute approximate surface area is 278 Å². The van der Waals surface area contributed by atoms with Gasteiger partial charge in [-0.2, -0.15) is 0 Å². The quantitative estimate of drug-likeness (QED) is 0.309. The average Bonchev–Trinajstić information content (AvgIpc) is 3.62. The molecule has 1 saturated carbocycles. The summed E-state index contributed by atoms with van der Waals surface area (Å²) in [7, 11) is 3.56. The van der Waals surface area contributed by atoms with E-state index in [1.54, 1.807) is 18.2 Å². The molecule has 0 spiro atoms. The molecule has 2 atom stereocenters. The Bertz CT molecular complexity index is 1660. The van der Waals surface area contributed by atoms with E-state index in [0.717, 1.165) is 30.4 Å². The van der Waals surface area contributed by atoms with Crippen LogP contribution in [0.3, 0.4) is 0 Å². The number of rotatable bonds is 10. The predicted molar refractivity (Wildman–Crippen MR) is 176 cm³/mol. The first kappa shape index (κ1) is 33.4. The van der Waals surface area contributed by atoms with Crippen LogP contribution in [0, 0.1) is 11.7 Å². The van der Waals surface area contributed by atoms with Crippen LogP contribution in [0.25, 0.3) is 10.9 Å². The number of fused-ring (bicyclic) bond motifs is 1. The number of methoxy groups -OCH3 is 1. The van der Waals surface area contributed by atoms with Crippen LogP contribution in [0.15, 0.2) is 42.6 Å². The van der Waals surface area contributed by atoms with Crippen LogP contribution in [-0.4, -0.2) is 94.4 Å². The maximum absolute atomic E-state index is 15.5. The SMILES string of the molecule is COC1(C)CN([C@H]2C[C@@H](CO[C@H]3CC[C@H](C(=O)O)CC3)N(C(=O)Cc3cc(Cl)c(NC(=O)c4cn(C)c5ccccc45)cc3F)C2)C1. The average molecular weight is 669 g/mol. The Morgan fingerprint density at radius 1 is 1.13 bits per heavy atom. The number of nitrogens with zero attached hydrogens (tertiary/aromatic N) is 3. The molecule has 1 aliphatic carbocycles. The molecule has 12 heteroatoms. The zero-order valence-corrected chi connectivity index (χ0v) is 27.8. The number of halogens is 2. The lowest BCUT2D eigenvalue weighted by Gasteiger charge is -2.49. The molecule has 3 aromatic rings. The molecule has 0 radical (unpaired) electrons. The number of anilines is 1. The van der Waals surface area contributed by atoms with E-state index in [2.05, 4.69) is 17.1 Å². The molecular formula is C35H42ClFN4O6. The fourth-order valence-electron chi connectivity index (χ4n) is 7.34. The van der Waals surface area contributed by atoms with Crippen molar-refractivity contribution in [1.29, 1.82) is 0 Å². The lowest BCUT2D eigenvalue weighted by atomic mass is 9.87. The van der Waals surface area contributed by atoms with Gasteiger partial charge in [-0.25, -0.2) is 4.39 Å². The van der Waals surface area contributed by atoms with Crippen molar-refractivity contribution >= 4 is 46.0 Å². The predicted octanol–water partition coefficient (Wildman–Crippen LogP) is 5.12. The van der Waals surface area contributed by atoms with Gasteiger partial charge in [-0.3, -0.25) is 19.3 Å². The van der Waals surface area contributed by atoms with Crippen molar-refractivity contribution in [1.82, 2.24) is 14.4 Å². The number of aliphatic carboxylic acids is 1. The number of amides is 2. The first-order valence-electron chi connectivity index (χ1n) is 16.2. The Balaban J connectivity index is 1.13. The maximum atomic E-state index is 15.5. The van der Waals surface area contributed by atoms with Gasteiger partial charge in [0.1, 0.15) is 5.82 Å². The van der Waals surface area contributed by atoms with Crippen molar-refractivity contribution < 1.29 is 33.4 Å². The minimum Gasteiger partial charge on any atom is -0.481 e. The number of likely N-dealkylation sites (tertiary alicyclic amines) is 2. The van der Waals surface area contributed by atoms with E-state index in [-0.39, 0.29) is 58.3 Å². The number of aromatic nitrogens is 1. The molecule has 47 heavy (non-hydrogen) atoms. The van der Waals surface area contributed by atoms with Crippen molar-refractivity contribution in [2.45, 2.75) is 69.2 Å². The lowest BCUT2D eigenvalue weighted by Crippen LogP contribution is -2.64. The van der Waals surface area contributed by atoms with Crippen LogP contribution in [-0.2, 0) is 32.5 Å². The molecule has 0 unspecified atom stereocenters. The van der Waals surface area contributed by atoms with E-state index in [0.29, 0.717) is 44.4 Å². The molecule has 2 saturated heterocycles. The van der Waals surface area contributed by atoms with Gasteiger partial charge in [-0.15, -0.1) is 0 Å². The van der Waals surface area contributed by atoms with Gasteiger partial charge in [-0.1, -0.05) is 29.8 Å². The van der Waals surface area contributed by atoms with E-state index in [1.807, 2.05) is 35.9 Å². The number of hydrogen-bond donors (Lipinski definition) is 2. The summed E-state index contributed by atoms with van der Waals surface area (Å²) >= 11 is 6.54. The first-order valence-corrected chi connectivity index (χ1v) is 16.6. The second kappa shape index (κ2) is 13.5. The van der Waals surface area contributed by atoms with Gasteiger partial charge < -0.3 is 29.4 Å². The fraction of sp³-hybridized carbons (Fsp3) is 0.514. The minimum atomic E-state index is -0.760. The standard InChI is InChI=1S/C35H42ClFN4O6/c1-35(46-3)19-40(20-35)23-14-24(18-47-25-10-8-21(9-11-25)34(44)45)41(16-23)32(42)13-22-12-28(36)30(15-29(22)37)38-33(43)27-17-39(2)31-7-5-4-6-26(27)31/h4-7,12,15,17,21,23-25H,8-11,13-14,16,18-20H2,1-3H3,(H,38,43)(H,44,45)/t21-,23-,24-,25-/m0/s1. The van der Waals surface area contributed by atoms with Gasteiger partial charge in [0.15, 0.2) is 0 Å². The van der Waals surface area contributed by atoms with Crippen molar-refractivity contribution in [3.63, 3.8) is 0 Å². The number of ether oxygens (including phenoxy) is 2. The second-order valence-electron chi connectivity index (χ2n) is 13.5. The molecule has 2 amide bonds. The Morgan fingerprint density at radius 3 is 2.55 bits per heavy atom. The van der Waals surface area contributed by atoms with E-state index >= 15 is 4.39 Å². The smallest absolute Gasteiger partial charge is 0.306 e. The summed E-state index contributed by atoms with van der Waals surface area (Å²) in [4.78, 5) is 42.4. The van der Waals surface area contributed by atoms with Gasteiger partial charge in [0.05, 0.1) is 53.0 Å². The summed E-state index contributed by atoms with van der Waals surface area (Å²) in [5.41, 5.74) is 1.40. The second-order valence-corrected chi connectivity index (χ2v) is 13.9. The molecule has 2 N–H and O–H groups in total. The number of nitrogens with one attached hydrogen (secondary N) is 1. The summed E-state index contributed by atoms with van der Waals surface area (Å²) in [5, 5.41) is 13.0. The molecule has 252 valence electrons. The monoisotopic (exact) mass is 668 g/mol. The third-order valence-electron chi connectivity index (χ3n) is 10.2. The highest BCUT2D eigenvalue weighted by atomic mass is 35.5. The topological polar surface area (TPSA) is 113 Å². The lowest BCUT2D eigenvalue weighted by molar-refractivity contribution is -0.144. The van der Waals surface area contributed by atoms with Crippen molar-refractivity contribution in [2.24, 2.45) is 13.0 Å². The third-order valence-corrected chi connectivity index (χ3v) is 10.5. The van der Waals surface area contributed by atoms with Crippen LogP contribution in [0.2, 0.25) is 5.02 Å². The number of carboxylic acids is 1. The molecule has 1 aromatic heterocycles. The summed E-state index contributed by atoms with van der Waals surface area (Å²) in [5.74, 6) is -2.36. The first-order chi connectivity index (χ1) is 22.4. The number of aryl methyl sites for hydroxylation is 1. The Kier molecular flexibility index (Phi) is 9.62. The maximum Gasteiger partial charge on any atom is 0.306 e. The third kappa shape index (κ3) is 7.04. The number of carboxylic acid groups (broad SMARTS) is 1. The van der Waals surface area contributed by atoms with Crippen LogP contribution < -0.4 is 5.32 Å². The Morgan fingerprint density at radius 2 is 1.85 bits per heavy atom. The number of benzene rings is 2.